The van der Waals surface area contributed by atoms with Gasteiger partial charge in [0, 0.05) is 56.4 Å². The Balaban J connectivity index is 1.73. The Kier molecular flexibility index (Phi) is 4.10. The van der Waals surface area contributed by atoms with E-state index < -0.39 is 0 Å². The molecule has 2 aliphatic rings. The van der Waals surface area contributed by atoms with E-state index >= 15 is 0 Å². The molecule has 1 aromatic rings. The number of piperazine rings is 1. The third-order valence-corrected chi connectivity index (χ3v) is 4.36. The van der Waals surface area contributed by atoms with Crippen molar-refractivity contribution in [2.75, 3.05) is 24.5 Å². The van der Waals surface area contributed by atoms with E-state index in [4.69, 9.17) is 0 Å². The Morgan fingerprint density at radius 3 is 3.10 bits per heavy atom. The molecular weight excluding hydrogens is 264 g/mol. The number of pyridine rings is 1. The summed E-state index contributed by atoms with van der Waals surface area (Å²) in [4.78, 5) is 20.8. The van der Waals surface area contributed by atoms with Crippen molar-refractivity contribution < 1.29 is 4.79 Å². The standard InChI is InChI=1S/C16H24N4O/c1-12(2)18-10-13-4-3-7-17-16(13)19-8-9-20-14(11-19)5-6-15(20)21/h3-4,7,12,14,18H,5-6,8-11H2,1-2H3. The van der Waals surface area contributed by atoms with E-state index in [0.29, 0.717) is 24.4 Å². The van der Waals surface area contributed by atoms with Gasteiger partial charge in [0.25, 0.3) is 0 Å². The Bertz CT molecular complexity index is 517. The minimum Gasteiger partial charge on any atom is -0.353 e. The van der Waals surface area contributed by atoms with Crippen molar-refractivity contribution in [1.29, 1.82) is 0 Å². The molecule has 1 atom stereocenters. The first-order valence-corrected chi connectivity index (χ1v) is 7.87. The highest BCUT2D eigenvalue weighted by atomic mass is 16.2. The van der Waals surface area contributed by atoms with E-state index in [1.165, 1.54) is 5.56 Å². The van der Waals surface area contributed by atoms with Gasteiger partial charge >= 0.3 is 0 Å². The van der Waals surface area contributed by atoms with Crippen molar-refractivity contribution in [3.05, 3.63) is 23.9 Å². The first kappa shape index (κ1) is 14.3. The second-order valence-corrected chi connectivity index (χ2v) is 6.25. The first-order valence-electron chi connectivity index (χ1n) is 7.87. The van der Waals surface area contributed by atoms with E-state index in [2.05, 4.69) is 35.1 Å². The maximum Gasteiger partial charge on any atom is 0.223 e. The predicted octanol–water partition coefficient (Wildman–Crippen LogP) is 1.39. The van der Waals surface area contributed by atoms with Gasteiger partial charge in [0.2, 0.25) is 5.91 Å². The number of rotatable bonds is 4. The van der Waals surface area contributed by atoms with Crippen LogP contribution in [-0.2, 0) is 11.3 Å². The highest BCUT2D eigenvalue weighted by molar-refractivity contribution is 5.79. The molecule has 5 heteroatoms. The fraction of sp³-hybridized carbons (Fsp3) is 0.625. The molecule has 0 spiro atoms. The summed E-state index contributed by atoms with van der Waals surface area (Å²) in [6.45, 7) is 7.77. The van der Waals surface area contributed by atoms with Gasteiger partial charge in [0.15, 0.2) is 0 Å². The van der Waals surface area contributed by atoms with Crippen LogP contribution in [0.1, 0.15) is 32.3 Å². The number of nitrogens with one attached hydrogen (secondary N) is 1. The lowest BCUT2D eigenvalue weighted by Gasteiger charge is -2.38. The van der Waals surface area contributed by atoms with Crippen LogP contribution in [0.4, 0.5) is 5.82 Å². The molecule has 0 aromatic carbocycles. The van der Waals surface area contributed by atoms with Crippen LogP contribution in [0.2, 0.25) is 0 Å². The van der Waals surface area contributed by atoms with Crippen LogP contribution in [0.5, 0.6) is 0 Å². The van der Waals surface area contributed by atoms with Gasteiger partial charge in [-0.05, 0) is 12.5 Å². The van der Waals surface area contributed by atoms with Gasteiger partial charge in [-0.1, -0.05) is 19.9 Å². The van der Waals surface area contributed by atoms with Crippen LogP contribution >= 0.6 is 0 Å². The molecule has 3 rings (SSSR count). The monoisotopic (exact) mass is 288 g/mol. The van der Waals surface area contributed by atoms with Crippen LogP contribution in [0.3, 0.4) is 0 Å². The maximum absolute atomic E-state index is 11.8. The molecule has 1 aromatic heterocycles. The SMILES string of the molecule is CC(C)NCc1cccnc1N1CCN2C(=O)CCC2C1. The van der Waals surface area contributed by atoms with Gasteiger partial charge < -0.3 is 15.1 Å². The van der Waals surface area contributed by atoms with Crippen molar-refractivity contribution >= 4 is 11.7 Å². The van der Waals surface area contributed by atoms with Crippen LogP contribution in [0, 0.1) is 0 Å². The lowest BCUT2D eigenvalue weighted by molar-refractivity contribution is -0.129. The molecule has 1 N–H and O–H groups in total. The molecule has 1 unspecified atom stereocenters. The number of amides is 1. The van der Waals surface area contributed by atoms with E-state index in [9.17, 15) is 4.79 Å². The predicted molar refractivity (Wildman–Crippen MR) is 83.2 cm³/mol. The van der Waals surface area contributed by atoms with Gasteiger partial charge in [0.05, 0.1) is 0 Å². The van der Waals surface area contributed by atoms with Crippen molar-refractivity contribution in [3.8, 4) is 0 Å². The third-order valence-electron chi connectivity index (χ3n) is 4.36. The highest BCUT2D eigenvalue weighted by Gasteiger charge is 2.36. The molecule has 0 aliphatic carbocycles. The number of carbonyl (C=O) groups excluding carboxylic acids is 1. The second kappa shape index (κ2) is 6.02. The summed E-state index contributed by atoms with van der Waals surface area (Å²) in [6, 6.07) is 4.97. The Hall–Kier alpha value is -1.62. The summed E-state index contributed by atoms with van der Waals surface area (Å²) < 4.78 is 0. The molecule has 0 saturated carbocycles. The van der Waals surface area contributed by atoms with Crippen LogP contribution in [0.15, 0.2) is 18.3 Å². The summed E-state index contributed by atoms with van der Waals surface area (Å²) in [5.74, 6) is 1.40. The fourth-order valence-corrected chi connectivity index (χ4v) is 3.22. The largest absolute Gasteiger partial charge is 0.353 e. The molecule has 1 amide bonds. The fourth-order valence-electron chi connectivity index (χ4n) is 3.22. The van der Waals surface area contributed by atoms with Gasteiger partial charge in [-0.2, -0.15) is 0 Å². The number of anilines is 1. The van der Waals surface area contributed by atoms with Crippen molar-refractivity contribution in [2.45, 2.75) is 45.3 Å². The average Bonchev–Trinajstić information content (AvgIpc) is 2.86. The van der Waals surface area contributed by atoms with E-state index in [0.717, 1.165) is 38.4 Å². The molecule has 21 heavy (non-hydrogen) atoms. The van der Waals surface area contributed by atoms with Gasteiger partial charge in [-0.15, -0.1) is 0 Å². The maximum atomic E-state index is 11.8. The highest BCUT2D eigenvalue weighted by Crippen LogP contribution is 2.27. The molecule has 5 nitrogen and oxygen atoms in total. The number of aromatic nitrogens is 1. The van der Waals surface area contributed by atoms with Crippen molar-refractivity contribution in [1.82, 2.24) is 15.2 Å². The zero-order valence-corrected chi connectivity index (χ0v) is 12.9. The lowest BCUT2D eigenvalue weighted by Crippen LogP contribution is -2.52. The quantitative estimate of drug-likeness (QED) is 0.909. The Morgan fingerprint density at radius 2 is 2.29 bits per heavy atom. The van der Waals surface area contributed by atoms with Gasteiger partial charge in [-0.25, -0.2) is 4.98 Å². The number of nitrogens with zero attached hydrogens (tertiary/aromatic N) is 3. The summed E-state index contributed by atoms with van der Waals surface area (Å²) >= 11 is 0. The molecule has 114 valence electrons. The Labute approximate surface area is 126 Å². The molecule has 2 saturated heterocycles. The van der Waals surface area contributed by atoms with E-state index in [1.54, 1.807) is 0 Å². The minimum absolute atomic E-state index is 0.322. The third kappa shape index (κ3) is 3.02. The summed E-state index contributed by atoms with van der Waals surface area (Å²) in [5, 5.41) is 3.46. The number of fused-ring (bicyclic) bond motifs is 1. The number of hydrogen-bond donors (Lipinski definition) is 1. The zero-order chi connectivity index (χ0) is 14.8. The summed E-state index contributed by atoms with van der Waals surface area (Å²) in [5.41, 5.74) is 1.24. The number of hydrogen-bond acceptors (Lipinski definition) is 4. The minimum atomic E-state index is 0.322. The van der Waals surface area contributed by atoms with Gasteiger partial charge in [0.1, 0.15) is 5.82 Å². The van der Waals surface area contributed by atoms with Crippen molar-refractivity contribution in [3.63, 3.8) is 0 Å². The van der Waals surface area contributed by atoms with Crippen LogP contribution in [0.25, 0.3) is 0 Å². The zero-order valence-electron chi connectivity index (χ0n) is 12.9. The normalized spacial score (nSPS) is 22.0. The van der Waals surface area contributed by atoms with Gasteiger partial charge in [-0.3, -0.25) is 4.79 Å². The van der Waals surface area contributed by atoms with Crippen LogP contribution < -0.4 is 10.2 Å². The van der Waals surface area contributed by atoms with E-state index in [-0.39, 0.29) is 0 Å². The summed E-state index contributed by atoms with van der Waals surface area (Å²) in [7, 11) is 0. The van der Waals surface area contributed by atoms with E-state index in [1.807, 2.05) is 17.2 Å². The molecule has 2 fully saturated rings. The molecule has 0 bridgehead atoms. The molecule has 0 radical (unpaired) electrons. The Morgan fingerprint density at radius 1 is 1.43 bits per heavy atom. The average molecular weight is 288 g/mol. The molecule has 3 heterocycles. The smallest absolute Gasteiger partial charge is 0.223 e. The molecule has 2 aliphatic heterocycles. The van der Waals surface area contributed by atoms with Crippen molar-refractivity contribution in [2.24, 2.45) is 0 Å². The first-order chi connectivity index (χ1) is 10.1. The van der Waals surface area contributed by atoms with Crippen LogP contribution in [-0.4, -0.2) is 47.5 Å². The number of carbonyl (C=O) groups is 1. The topological polar surface area (TPSA) is 48.5 Å². The lowest BCUT2D eigenvalue weighted by atomic mass is 10.1. The molecular formula is C16H24N4O. The second-order valence-electron chi connectivity index (χ2n) is 6.25. The summed E-state index contributed by atoms with van der Waals surface area (Å²) in [6.07, 6.45) is 3.56.